The van der Waals surface area contributed by atoms with Crippen molar-refractivity contribution in [2.24, 2.45) is 5.10 Å². The molecule has 8 nitrogen and oxygen atoms in total. The Hall–Kier alpha value is -3.46. The first kappa shape index (κ1) is 22.2. The molecule has 0 radical (unpaired) electrons. The van der Waals surface area contributed by atoms with E-state index < -0.39 is 11.7 Å². The van der Waals surface area contributed by atoms with Crippen LogP contribution in [0, 0.1) is 5.82 Å². The number of morpholine rings is 1. The third-order valence-corrected chi connectivity index (χ3v) is 4.48. The highest BCUT2D eigenvalue weighted by molar-refractivity contribution is 5.95. The second-order valence-electron chi connectivity index (χ2n) is 6.60. The largest absolute Gasteiger partial charge is 0.490 e. The molecule has 164 valence electrons. The van der Waals surface area contributed by atoms with Crippen LogP contribution in [-0.2, 0) is 9.53 Å². The Labute approximate surface area is 179 Å². The van der Waals surface area contributed by atoms with Crippen LogP contribution in [0.1, 0.15) is 22.8 Å². The number of ether oxygens (including phenoxy) is 3. The number of benzene rings is 2. The van der Waals surface area contributed by atoms with Crippen LogP contribution in [0.3, 0.4) is 0 Å². The fourth-order valence-corrected chi connectivity index (χ4v) is 2.91. The van der Waals surface area contributed by atoms with Gasteiger partial charge >= 0.3 is 0 Å². The zero-order valence-corrected chi connectivity index (χ0v) is 17.2. The van der Waals surface area contributed by atoms with Crippen LogP contribution in [0.2, 0.25) is 0 Å². The van der Waals surface area contributed by atoms with E-state index >= 15 is 0 Å². The van der Waals surface area contributed by atoms with Crippen LogP contribution in [0.15, 0.2) is 47.6 Å². The van der Waals surface area contributed by atoms with Crippen molar-refractivity contribution in [3.8, 4) is 11.5 Å². The molecule has 0 aliphatic carbocycles. The first-order chi connectivity index (χ1) is 15.1. The van der Waals surface area contributed by atoms with E-state index in [2.05, 4.69) is 10.5 Å². The maximum Gasteiger partial charge on any atom is 0.274 e. The Balaban J connectivity index is 1.61. The summed E-state index contributed by atoms with van der Waals surface area (Å²) in [7, 11) is 0. The number of hydrogen-bond donors (Lipinski definition) is 1. The molecule has 1 N–H and O–H groups in total. The Kier molecular flexibility index (Phi) is 7.94. The van der Waals surface area contributed by atoms with Gasteiger partial charge in [0.05, 0.1) is 31.6 Å². The average molecular weight is 429 g/mol. The molecule has 31 heavy (non-hydrogen) atoms. The number of hydrazone groups is 1. The first-order valence-corrected chi connectivity index (χ1v) is 9.91. The van der Waals surface area contributed by atoms with E-state index in [-0.39, 0.29) is 18.1 Å². The molecule has 2 aromatic carbocycles. The molecule has 0 unspecified atom stereocenters. The summed E-state index contributed by atoms with van der Waals surface area (Å²) in [6, 6.07) is 10.7. The van der Waals surface area contributed by atoms with Gasteiger partial charge in [-0.2, -0.15) is 5.10 Å². The molecule has 2 amide bonds. The fourth-order valence-electron chi connectivity index (χ4n) is 2.91. The van der Waals surface area contributed by atoms with Gasteiger partial charge in [-0.1, -0.05) is 12.1 Å². The summed E-state index contributed by atoms with van der Waals surface area (Å²) in [5.74, 6) is -0.521. The van der Waals surface area contributed by atoms with Gasteiger partial charge in [0, 0.05) is 13.1 Å². The van der Waals surface area contributed by atoms with E-state index in [1.165, 1.54) is 24.4 Å². The van der Waals surface area contributed by atoms with Crippen LogP contribution in [0.4, 0.5) is 4.39 Å². The number of carbonyl (C=O) groups is 2. The summed E-state index contributed by atoms with van der Waals surface area (Å²) in [4.78, 5) is 26.0. The van der Waals surface area contributed by atoms with Gasteiger partial charge in [0.15, 0.2) is 18.1 Å². The molecule has 0 spiro atoms. The van der Waals surface area contributed by atoms with E-state index in [1.807, 2.05) is 6.92 Å². The molecule has 1 aliphatic heterocycles. The second-order valence-corrected chi connectivity index (χ2v) is 6.60. The minimum Gasteiger partial charge on any atom is -0.490 e. The second kappa shape index (κ2) is 11.1. The minimum atomic E-state index is -0.652. The number of amides is 2. The van der Waals surface area contributed by atoms with Crippen molar-refractivity contribution in [2.75, 3.05) is 39.5 Å². The average Bonchev–Trinajstić information content (AvgIpc) is 2.79. The summed E-state index contributed by atoms with van der Waals surface area (Å²) < 4.78 is 30.1. The van der Waals surface area contributed by atoms with E-state index in [0.717, 1.165) is 0 Å². The van der Waals surface area contributed by atoms with Crippen molar-refractivity contribution in [2.45, 2.75) is 6.92 Å². The molecule has 0 atom stereocenters. The molecule has 2 aromatic rings. The van der Waals surface area contributed by atoms with Crippen LogP contribution in [-0.4, -0.2) is 62.4 Å². The molecule has 1 fully saturated rings. The third-order valence-electron chi connectivity index (χ3n) is 4.48. The predicted octanol–water partition coefficient (Wildman–Crippen LogP) is 2.23. The van der Waals surface area contributed by atoms with Gasteiger partial charge in [-0.25, -0.2) is 9.82 Å². The normalized spacial score (nSPS) is 13.8. The van der Waals surface area contributed by atoms with Crippen LogP contribution in [0.5, 0.6) is 11.5 Å². The highest BCUT2D eigenvalue weighted by Gasteiger charge is 2.18. The van der Waals surface area contributed by atoms with Gasteiger partial charge in [-0.3, -0.25) is 9.59 Å². The summed E-state index contributed by atoms with van der Waals surface area (Å²) in [6.45, 7) is 4.28. The summed E-state index contributed by atoms with van der Waals surface area (Å²) >= 11 is 0. The Bertz CT molecular complexity index is 944. The summed E-state index contributed by atoms with van der Waals surface area (Å²) in [5, 5.41) is 3.87. The predicted molar refractivity (Wildman–Crippen MR) is 112 cm³/mol. The number of nitrogens with zero attached hydrogens (tertiary/aromatic N) is 2. The number of halogens is 1. The quantitative estimate of drug-likeness (QED) is 0.514. The standard InChI is InChI=1S/C22H24FN3O5/c1-2-30-20-13-16(14-24-25-22(28)17-5-3-4-6-18(17)23)7-8-19(20)31-15-21(27)26-9-11-29-12-10-26/h3-8,13-14H,2,9-12,15H2,1H3,(H,25,28)/b24-14-. The number of rotatable bonds is 8. The summed E-state index contributed by atoms with van der Waals surface area (Å²) in [6.07, 6.45) is 1.41. The molecule has 1 heterocycles. The zero-order valence-electron chi connectivity index (χ0n) is 17.2. The van der Waals surface area contributed by atoms with E-state index in [0.29, 0.717) is 50.0 Å². The highest BCUT2D eigenvalue weighted by atomic mass is 19.1. The van der Waals surface area contributed by atoms with Crippen molar-refractivity contribution in [1.29, 1.82) is 0 Å². The lowest BCUT2D eigenvalue weighted by atomic mass is 10.2. The molecule has 9 heteroatoms. The van der Waals surface area contributed by atoms with E-state index in [4.69, 9.17) is 14.2 Å². The Morgan fingerprint density at radius 3 is 2.68 bits per heavy atom. The van der Waals surface area contributed by atoms with Gasteiger partial charge in [0.2, 0.25) is 0 Å². The van der Waals surface area contributed by atoms with Gasteiger partial charge in [0.25, 0.3) is 11.8 Å². The minimum absolute atomic E-state index is 0.0941. The van der Waals surface area contributed by atoms with Crippen molar-refractivity contribution in [3.05, 3.63) is 59.4 Å². The molecular weight excluding hydrogens is 405 g/mol. The van der Waals surface area contributed by atoms with Crippen molar-refractivity contribution in [1.82, 2.24) is 10.3 Å². The smallest absolute Gasteiger partial charge is 0.274 e. The van der Waals surface area contributed by atoms with E-state index in [9.17, 15) is 14.0 Å². The SMILES string of the molecule is CCOc1cc(/C=N\NC(=O)c2ccccc2F)ccc1OCC(=O)N1CCOCC1. The van der Waals surface area contributed by atoms with Gasteiger partial charge < -0.3 is 19.1 Å². The maximum atomic E-state index is 13.6. The highest BCUT2D eigenvalue weighted by Crippen LogP contribution is 2.28. The van der Waals surface area contributed by atoms with Crippen LogP contribution in [0.25, 0.3) is 0 Å². The third kappa shape index (κ3) is 6.26. The van der Waals surface area contributed by atoms with Crippen molar-refractivity contribution < 1.29 is 28.2 Å². The van der Waals surface area contributed by atoms with Gasteiger partial charge in [0.1, 0.15) is 5.82 Å². The van der Waals surface area contributed by atoms with Crippen molar-refractivity contribution in [3.63, 3.8) is 0 Å². The molecular formula is C22H24FN3O5. The van der Waals surface area contributed by atoms with Gasteiger partial charge in [-0.05, 0) is 42.8 Å². The molecule has 0 saturated carbocycles. The van der Waals surface area contributed by atoms with Gasteiger partial charge in [-0.15, -0.1) is 0 Å². The topological polar surface area (TPSA) is 89.5 Å². The number of carbonyl (C=O) groups excluding carboxylic acids is 2. The zero-order chi connectivity index (χ0) is 22.1. The monoisotopic (exact) mass is 429 g/mol. The maximum absolute atomic E-state index is 13.6. The lowest BCUT2D eigenvalue weighted by Gasteiger charge is -2.26. The molecule has 1 saturated heterocycles. The fraction of sp³-hybridized carbons (Fsp3) is 0.318. The number of nitrogens with one attached hydrogen (secondary N) is 1. The lowest BCUT2D eigenvalue weighted by molar-refractivity contribution is -0.137. The molecule has 3 rings (SSSR count). The Morgan fingerprint density at radius 2 is 1.94 bits per heavy atom. The lowest BCUT2D eigenvalue weighted by Crippen LogP contribution is -2.43. The molecule has 0 bridgehead atoms. The van der Waals surface area contributed by atoms with Crippen molar-refractivity contribution >= 4 is 18.0 Å². The summed E-state index contributed by atoms with van der Waals surface area (Å²) in [5.41, 5.74) is 2.82. The first-order valence-electron chi connectivity index (χ1n) is 9.91. The van der Waals surface area contributed by atoms with E-state index in [1.54, 1.807) is 29.2 Å². The molecule has 0 aromatic heterocycles. The molecule has 1 aliphatic rings. The van der Waals surface area contributed by atoms with Crippen LogP contribution >= 0.6 is 0 Å². The Morgan fingerprint density at radius 1 is 1.16 bits per heavy atom. The number of hydrogen-bond acceptors (Lipinski definition) is 6. The van der Waals surface area contributed by atoms with Crippen LogP contribution < -0.4 is 14.9 Å².